The summed E-state index contributed by atoms with van der Waals surface area (Å²) in [5, 5.41) is 9.61. The zero-order chi connectivity index (χ0) is 19.2. The van der Waals surface area contributed by atoms with Crippen LogP contribution in [-0.4, -0.2) is 47.4 Å². The van der Waals surface area contributed by atoms with Gasteiger partial charge in [0.2, 0.25) is 6.29 Å². The summed E-state index contributed by atoms with van der Waals surface area (Å²) in [7, 11) is 0. The third-order valence-electron chi connectivity index (χ3n) is 7.73. The lowest BCUT2D eigenvalue weighted by molar-refractivity contribution is -0.171. The van der Waals surface area contributed by atoms with Crippen molar-refractivity contribution in [3.63, 3.8) is 0 Å². The Kier molecular flexibility index (Phi) is 3.23. The number of hydrogen-bond acceptors (Lipinski definition) is 7. The first-order chi connectivity index (χ1) is 12.7. The van der Waals surface area contributed by atoms with Crippen LogP contribution in [0.3, 0.4) is 0 Å². The van der Waals surface area contributed by atoms with Gasteiger partial charge < -0.3 is 19.3 Å². The lowest BCUT2D eigenvalue weighted by Gasteiger charge is -2.57. The van der Waals surface area contributed by atoms with Gasteiger partial charge in [0.25, 0.3) is 0 Å². The molecule has 0 bridgehead atoms. The van der Waals surface area contributed by atoms with Crippen molar-refractivity contribution in [2.45, 2.75) is 51.1 Å². The highest BCUT2D eigenvalue weighted by atomic mass is 16.6. The molecule has 5 aliphatic rings. The molecule has 0 radical (unpaired) electrons. The molecule has 5 rings (SSSR count). The van der Waals surface area contributed by atoms with E-state index in [-0.39, 0.29) is 18.4 Å². The SMILES string of the molecule is C[C@]12CC[C@@]34COC(=O)[C@@H]3C=CC(=O)[C@@H]4[C@@]1(C)C[C@H](C1=C[C@@H](O)OC1=O)O2. The Morgan fingerprint density at radius 1 is 1.19 bits per heavy atom. The summed E-state index contributed by atoms with van der Waals surface area (Å²) in [4.78, 5) is 37.4. The number of fused-ring (bicyclic) bond motifs is 2. The standard InChI is InChI=1S/C20H22O7/c1-18-8-13(10-7-14(22)26-16(10)23)27-19(18,2)5-6-20-9-25-17(24)11(20)3-4-12(21)15(18)20/h3-4,7,11,13-15,22H,5-6,8-9H2,1-2H3/t11-,13+,14-,15+,18+,19-,20+/m0/s1. The van der Waals surface area contributed by atoms with Gasteiger partial charge >= 0.3 is 11.9 Å². The van der Waals surface area contributed by atoms with Gasteiger partial charge in [-0.15, -0.1) is 0 Å². The lowest BCUT2D eigenvalue weighted by atomic mass is 9.45. The van der Waals surface area contributed by atoms with Crippen molar-refractivity contribution in [3.8, 4) is 0 Å². The minimum atomic E-state index is -1.25. The number of carbonyl (C=O) groups excluding carboxylic acids is 3. The smallest absolute Gasteiger partial charge is 0.339 e. The molecule has 0 aromatic heterocycles. The Morgan fingerprint density at radius 2 is 1.96 bits per heavy atom. The Morgan fingerprint density at radius 3 is 2.67 bits per heavy atom. The third kappa shape index (κ3) is 1.96. The molecule has 0 aromatic rings. The van der Waals surface area contributed by atoms with Crippen LogP contribution in [0, 0.1) is 22.7 Å². The number of hydrogen-bond donors (Lipinski definition) is 1. The summed E-state index contributed by atoms with van der Waals surface area (Å²) >= 11 is 0. The first-order valence-corrected chi connectivity index (χ1v) is 9.37. The maximum atomic E-state index is 13.1. The highest BCUT2D eigenvalue weighted by molar-refractivity contribution is 5.97. The van der Waals surface area contributed by atoms with Crippen LogP contribution in [0.1, 0.15) is 33.1 Å². The fourth-order valence-corrected chi connectivity index (χ4v) is 6.22. The molecule has 7 atom stereocenters. The minimum Gasteiger partial charge on any atom is -0.465 e. The summed E-state index contributed by atoms with van der Waals surface area (Å²) in [5.41, 5.74) is -1.43. The van der Waals surface area contributed by atoms with Crippen molar-refractivity contribution < 1.29 is 33.7 Å². The highest BCUT2D eigenvalue weighted by Gasteiger charge is 2.72. The number of cyclic esters (lactones) is 2. The molecule has 1 saturated carbocycles. The van der Waals surface area contributed by atoms with Crippen LogP contribution in [0.2, 0.25) is 0 Å². The Balaban J connectivity index is 1.58. The second-order valence-corrected chi connectivity index (χ2v) is 8.89. The molecule has 0 unspecified atom stereocenters. The van der Waals surface area contributed by atoms with Crippen LogP contribution >= 0.6 is 0 Å². The van der Waals surface area contributed by atoms with Gasteiger partial charge in [-0.25, -0.2) is 4.79 Å². The molecule has 3 aliphatic heterocycles. The van der Waals surface area contributed by atoms with Gasteiger partial charge in [0.05, 0.1) is 29.8 Å². The zero-order valence-corrected chi connectivity index (χ0v) is 15.3. The second-order valence-electron chi connectivity index (χ2n) is 8.89. The Labute approximate surface area is 156 Å². The van der Waals surface area contributed by atoms with Gasteiger partial charge in [-0.05, 0) is 38.3 Å². The first-order valence-electron chi connectivity index (χ1n) is 9.37. The van der Waals surface area contributed by atoms with Crippen molar-refractivity contribution in [2.24, 2.45) is 22.7 Å². The van der Waals surface area contributed by atoms with Crippen molar-refractivity contribution >= 4 is 17.7 Å². The molecule has 27 heavy (non-hydrogen) atoms. The molecule has 0 aromatic carbocycles. The van der Waals surface area contributed by atoms with Crippen LogP contribution in [0.4, 0.5) is 0 Å². The second kappa shape index (κ2) is 5.08. The topological polar surface area (TPSA) is 99.1 Å². The van der Waals surface area contributed by atoms with Crippen LogP contribution in [0.5, 0.6) is 0 Å². The average molecular weight is 374 g/mol. The number of esters is 2. The van der Waals surface area contributed by atoms with Crippen LogP contribution in [-0.2, 0) is 28.6 Å². The molecule has 144 valence electrons. The number of ether oxygens (including phenoxy) is 3. The van der Waals surface area contributed by atoms with Crippen molar-refractivity contribution in [1.29, 1.82) is 0 Å². The van der Waals surface area contributed by atoms with E-state index in [0.29, 0.717) is 24.8 Å². The molecule has 7 heteroatoms. The number of rotatable bonds is 1. The molecule has 3 heterocycles. The Hall–Kier alpha value is -1.99. The van der Waals surface area contributed by atoms with Gasteiger partial charge in [-0.1, -0.05) is 13.0 Å². The number of ketones is 1. The first kappa shape index (κ1) is 17.1. The average Bonchev–Trinajstić information content (AvgIpc) is 3.19. The summed E-state index contributed by atoms with van der Waals surface area (Å²) in [6.07, 6.45) is 4.54. The van der Waals surface area contributed by atoms with E-state index < -0.39 is 46.6 Å². The van der Waals surface area contributed by atoms with Crippen LogP contribution < -0.4 is 0 Å². The maximum absolute atomic E-state index is 13.1. The predicted octanol–water partition coefficient (Wildman–Crippen LogP) is 1.05. The van der Waals surface area contributed by atoms with Gasteiger partial charge in [-0.2, -0.15) is 0 Å². The van der Waals surface area contributed by atoms with Gasteiger partial charge in [0, 0.05) is 16.7 Å². The number of aliphatic hydroxyl groups is 1. The van der Waals surface area contributed by atoms with Gasteiger partial charge in [0.1, 0.15) is 0 Å². The number of aliphatic hydroxyl groups excluding tert-OH is 1. The van der Waals surface area contributed by atoms with Crippen molar-refractivity contribution in [3.05, 3.63) is 23.8 Å². The summed E-state index contributed by atoms with van der Waals surface area (Å²) in [6, 6.07) is 0. The van der Waals surface area contributed by atoms with Crippen molar-refractivity contribution in [2.75, 3.05) is 6.61 Å². The fraction of sp³-hybridized carbons (Fsp3) is 0.650. The van der Waals surface area contributed by atoms with E-state index in [0.717, 1.165) is 0 Å². The Bertz CT molecular complexity index is 828. The maximum Gasteiger partial charge on any atom is 0.339 e. The molecular formula is C20H22O7. The van der Waals surface area contributed by atoms with E-state index in [1.807, 2.05) is 13.8 Å². The summed E-state index contributed by atoms with van der Waals surface area (Å²) in [5.74, 6) is -1.68. The highest BCUT2D eigenvalue weighted by Crippen LogP contribution is 2.68. The summed E-state index contributed by atoms with van der Waals surface area (Å²) < 4.78 is 16.6. The van der Waals surface area contributed by atoms with E-state index in [2.05, 4.69) is 0 Å². The van der Waals surface area contributed by atoms with E-state index in [9.17, 15) is 19.5 Å². The molecule has 1 N–H and O–H groups in total. The zero-order valence-electron chi connectivity index (χ0n) is 15.3. The van der Waals surface area contributed by atoms with Gasteiger partial charge in [0.15, 0.2) is 5.78 Å². The molecule has 7 nitrogen and oxygen atoms in total. The van der Waals surface area contributed by atoms with Crippen molar-refractivity contribution in [1.82, 2.24) is 0 Å². The van der Waals surface area contributed by atoms with E-state index >= 15 is 0 Å². The molecule has 2 saturated heterocycles. The molecule has 0 amide bonds. The largest absolute Gasteiger partial charge is 0.465 e. The van der Waals surface area contributed by atoms with Gasteiger partial charge in [-0.3, -0.25) is 9.59 Å². The third-order valence-corrected chi connectivity index (χ3v) is 7.73. The fourth-order valence-electron chi connectivity index (χ4n) is 6.22. The number of carbonyl (C=O) groups is 3. The molecule has 1 spiro atoms. The van der Waals surface area contributed by atoms with Crippen LogP contribution in [0.15, 0.2) is 23.8 Å². The normalized spacial score (nSPS) is 50.6. The quantitative estimate of drug-likeness (QED) is 0.685. The lowest BCUT2D eigenvalue weighted by Crippen LogP contribution is -2.61. The van der Waals surface area contributed by atoms with Crippen LogP contribution in [0.25, 0.3) is 0 Å². The van der Waals surface area contributed by atoms with E-state index in [4.69, 9.17) is 14.2 Å². The molecule has 2 aliphatic carbocycles. The molecular weight excluding hydrogens is 352 g/mol. The van der Waals surface area contributed by atoms with E-state index in [1.165, 1.54) is 12.2 Å². The molecule has 3 fully saturated rings. The minimum absolute atomic E-state index is 0.00904. The predicted molar refractivity (Wildman–Crippen MR) is 89.9 cm³/mol. The van der Waals surface area contributed by atoms with E-state index in [1.54, 1.807) is 6.08 Å². The summed E-state index contributed by atoms with van der Waals surface area (Å²) in [6.45, 7) is 4.25. The number of allylic oxidation sites excluding steroid dienone is 1. The monoisotopic (exact) mass is 374 g/mol.